The fourth-order valence-corrected chi connectivity index (χ4v) is 2.55. The van der Waals surface area contributed by atoms with Crippen LogP contribution in [0.15, 0.2) is 12.1 Å². The van der Waals surface area contributed by atoms with Crippen molar-refractivity contribution in [3.05, 3.63) is 28.8 Å². The van der Waals surface area contributed by atoms with Gasteiger partial charge in [-0.3, -0.25) is 0 Å². The lowest BCUT2D eigenvalue weighted by molar-refractivity contribution is -0.0225. The monoisotopic (exact) mass is 268 g/mol. The van der Waals surface area contributed by atoms with E-state index in [1.165, 1.54) is 0 Å². The van der Waals surface area contributed by atoms with Crippen LogP contribution in [0.1, 0.15) is 58.2 Å². The highest BCUT2D eigenvalue weighted by atomic mass is 19.3. The predicted molar refractivity (Wildman–Crippen MR) is 73.2 cm³/mol. The zero-order chi connectivity index (χ0) is 14.6. The van der Waals surface area contributed by atoms with Gasteiger partial charge >= 0.3 is 5.92 Å². The summed E-state index contributed by atoms with van der Waals surface area (Å²) in [5.41, 5.74) is 1.09. The largest absolute Gasteiger partial charge is 0.486 e. The average Bonchev–Trinajstić information content (AvgIpc) is 2.51. The van der Waals surface area contributed by atoms with Gasteiger partial charge in [0.2, 0.25) is 0 Å². The first kappa shape index (κ1) is 14.3. The molecule has 1 aromatic rings. The molecule has 1 aliphatic rings. The van der Waals surface area contributed by atoms with Crippen LogP contribution in [0, 0.1) is 0 Å². The summed E-state index contributed by atoms with van der Waals surface area (Å²) < 4.78 is 33.7. The van der Waals surface area contributed by atoms with Crippen LogP contribution in [0.2, 0.25) is 0 Å². The Morgan fingerprint density at radius 1 is 0.947 bits per heavy atom. The van der Waals surface area contributed by atoms with Crippen molar-refractivity contribution in [2.45, 2.75) is 58.3 Å². The van der Waals surface area contributed by atoms with Crippen molar-refractivity contribution in [1.29, 1.82) is 0 Å². The molecule has 0 unspecified atom stereocenters. The lowest BCUT2D eigenvalue weighted by atomic mass is 9.78. The van der Waals surface area contributed by atoms with Crippen LogP contribution in [0.25, 0.3) is 0 Å². The fraction of sp³-hybridized carbons (Fsp3) is 0.625. The zero-order valence-electron chi connectivity index (χ0n) is 12.5. The topological polar surface area (TPSA) is 9.23 Å². The Kier molecular flexibility index (Phi) is 2.96. The quantitative estimate of drug-likeness (QED) is 0.659. The summed E-state index contributed by atoms with van der Waals surface area (Å²) in [7, 11) is 0. The van der Waals surface area contributed by atoms with E-state index < -0.39 is 12.5 Å². The van der Waals surface area contributed by atoms with Crippen molar-refractivity contribution in [3.8, 4) is 5.75 Å². The van der Waals surface area contributed by atoms with Crippen LogP contribution in [-0.4, -0.2) is 6.61 Å². The number of rotatable bonds is 0. The van der Waals surface area contributed by atoms with Crippen LogP contribution >= 0.6 is 0 Å². The molecular formula is C16H22F2O. The molecule has 1 aromatic carbocycles. The Bertz CT molecular complexity index is 505. The third-order valence-corrected chi connectivity index (χ3v) is 3.54. The van der Waals surface area contributed by atoms with Crippen LogP contribution in [0.3, 0.4) is 0 Å². The minimum absolute atomic E-state index is 0.0902. The molecule has 0 aliphatic carbocycles. The number of ether oxygens (including phenoxy) is 1. The molecule has 106 valence electrons. The molecule has 19 heavy (non-hydrogen) atoms. The minimum atomic E-state index is -2.89. The van der Waals surface area contributed by atoms with Crippen LogP contribution in [0.5, 0.6) is 5.75 Å². The molecule has 0 amide bonds. The molecule has 0 bridgehead atoms. The standard InChI is InChI=1S/C16H22F2O/c1-14(2,3)10-7-8-11(15(4,5)6)13-12(10)16(17,18)9-19-13/h7-8H,9H2,1-6H3. The number of benzene rings is 1. The molecule has 0 saturated carbocycles. The van der Waals surface area contributed by atoms with Gasteiger partial charge in [-0.25, -0.2) is 0 Å². The summed E-state index contributed by atoms with van der Waals surface area (Å²) in [5.74, 6) is -2.50. The minimum Gasteiger partial charge on any atom is -0.486 e. The van der Waals surface area contributed by atoms with Crippen molar-refractivity contribution >= 4 is 0 Å². The van der Waals surface area contributed by atoms with E-state index in [9.17, 15) is 8.78 Å². The number of hydrogen-bond donors (Lipinski definition) is 0. The Labute approximate surface area is 114 Å². The second-order valence-electron chi connectivity index (χ2n) is 7.36. The summed E-state index contributed by atoms with van der Waals surface area (Å²) in [6.07, 6.45) is 0. The Morgan fingerprint density at radius 3 is 1.89 bits per heavy atom. The second kappa shape index (κ2) is 3.94. The number of fused-ring (bicyclic) bond motifs is 1. The number of halogens is 2. The van der Waals surface area contributed by atoms with Gasteiger partial charge in [-0.15, -0.1) is 0 Å². The summed E-state index contributed by atoms with van der Waals surface area (Å²) in [6.45, 7) is 11.4. The molecule has 0 radical (unpaired) electrons. The highest BCUT2D eigenvalue weighted by molar-refractivity contribution is 5.55. The fourth-order valence-electron chi connectivity index (χ4n) is 2.55. The van der Waals surface area contributed by atoms with Gasteiger partial charge in [-0.05, 0) is 16.4 Å². The van der Waals surface area contributed by atoms with Gasteiger partial charge in [-0.2, -0.15) is 8.78 Å². The predicted octanol–water partition coefficient (Wildman–Crippen LogP) is 4.77. The van der Waals surface area contributed by atoms with Crippen LogP contribution < -0.4 is 4.74 Å². The SMILES string of the molecule is CC(C)(C)c1ccc(C(C)(C)C)c2c1OCC2(F)F. The molecule has 0 N–H and O–H groups in total. The van der Waals surface area contributed by atoms with Crippen LogP contribution in [0.4, 0.5) is 8.78 Å². The average molecular weight is 268 g/mol. The van der Waals surface area contributed by atoms with Crippen molar-refractivity contribution in [2.75, 3.05) is 6.61 Å². The molecule has 0 saturated heterocycles. The molecule has 1 nitrogen and oxygen atoms in total. The van der Waals surface area contributed by atoms with E-state index in [0.29, 0.717) is 11.3 Å². The van der Waals surface area contributed by atoms with Crippen molar-refractivity contribution in [3.63, 3.8) is 0 Å². The highest BCUT2D eigenvalue weighted by Crippen LogP contribution is 2.50. The van der Waals surface area contributed by atoms with Gasteiger partial charge in [0.15, 0.2) is 6.61 Å². The molecular weight excluding hydrogens is 246 g/mol. The molecule has 0 aromatic heterocycles. The number of hydrogen-bond acceptors (Lipinski definition) is 1. The number of alkyl halides is 2. The third-order valence-electron chi connectivity index (χ3n) is 3.54. The van der Waals surface area contributed by atoms with E-state index in [-0.39, 0.29) is 16.4 Å². The molecule has 0 spiro atoms. The lowest BCUT2D eigenvalue weighted by Gasteiger charge is -2.27. The molecule has 3 heteroatoms. The lowest BCUT2D eigenvalue weighted by Crippen LogP contribution is -2.22. The van der Waals surface area contributed by atoms with Crippen molar-refractivity contribution in [1.82, 2.24) is 0 Å². The van der Waals surface area contributed by atoms with E-state index >= 15 is 0 Å². The van der Waals surface area contributed by atoms with Crippen molar-refractivity contribution in [2.24, 2.45) is 0 Å². The van der Waals surface area contributed by atoms with Crippen LogP contribution in [-0.2, 0) is 16.8 Å². The zero-order valence-corrected chi connectivity index (χ0v) is 12.5. The first-order valence-electron chi connectivity index (χ1n) is 6.64. The molecule has 2 rings (SSSR count). The van der Waals surface area contributed by atoms with Gasteiger partial charge in [0.1, 0.15) is 5.75 Å². The van der Waals surface area contributed by atoms with E-state index in [1.807, 2.05) is 53.7 Å². The van der Waals surface area contributed by atoms with E-state index in [0.717, 1.165) is 5.56 Å². The van der Waals surface area contributed by atoms with Gasteiger partial charge in [0, 0.05) is 5.56 Å². The first-order valence-corrected chi connectivity index (χ1v) is 6.64. The summed E-state index contributed by atoms with van der Waals surface area (Å²) >= 11 is 0. The van der Waals surface area contributed by atoms with Gasteiger partial charge < -0.3 is 4.74 Å². The maximum absolute atomic E-state index is 14.2. The molecule has 0 atom stereocenters. The molecule has 1 heterocycles. The summed E-state index contributed by atoms with van der Waals surface area (Å²) in [5, 5.41) is 0. The smallest absolute Gasteiger partial charge is 0.310 e. The van der Waals surface area contributed by atoms with Gasteiger partial charge in [0.25, 0.3) is 0 Å². The third kappa shape index (κ3) is 2.35. The van der Waals surface area contributed by atoms with E-state index in [4.69, 9.17) is 4.74 Å². The Balaban J connectivity index is 2.76. The molecule has 1 aliphatic heterocycles. The van der Waals surface area contributed by atoms with E-state index in [2.05, 4.69) is 0 Å². The Morgan fingerprint density at radius 2 is 1.42 bits per heavy atom. The van der Waals surface area contributed by atoms with Gasteiger partial charge in [-0.1, -0.05) is 53.7 Å². The molecule has 0 fully saturated rings. The Hall–Kier alpha value is -1.12. The highest BCUT2D eigenvalue weighted by Gasteiger charge is 2.47. The second-order valence-corrected chi connectivity index (χ2v) is 7.36. The van der Waals surface area contributed by atoms with Gasteiger partial charge in [0.05, 0.1) is 5.56 Å². The maximum Gasteiger partial charge on any atom is 0.310 e. The summed E-state index contributed by atoms with van der Waals surface area (Å²) in [4.78, 5) is 0. The first-order chi connectivity index (χ1) is 8.44. The van der Waals surface area contributed by atoms with Crippen molar-refractivity contribution < 1.29 is 13.5 Å². The summed E-state index contributed by atoms with van der Waals surface area (Å²) in [6, 6.07) is 3.77. The normalized spacial score (nSPS) is 18.1. The van der Waals surface area contributed by atoms with E-state index in [1.54, 1.807) is 0 Å². The maximum atomic E-state index is 14.2.